The minimum Gasteiger partial charge on any atom is -0.493 e. The van der Waals surface area contributed by atoms with Gasteiger partial charge in [-0.3, -0.25) is 5.32 Å². The highest BCUT2D eigenvalue weighted by Crippen LogP contribution is 2.49. The first kappa shape index (κ1) is 13.1. The number of ether oxygens (including phenoxy) is 1. The summed E-state index contributed by atoms with van der Waals surface area (Å²) in [7, 11) is 0. The third-order valence-corrected chi connectivity index (χ3v) is 3.95. The number of rotatable bonds is 3. The molecule has 1 fully saturated rings. The molecule has 1 N–H and O–H groups in total. The molecule has 1 aromatic rings. The Hall–Kier alpha value is -0.940. The summed E-state index contributed by atoms with van der Waals surface area (Å²) in [6.07, 6.45) is -3.16. The van der Waals surface area contributed by atoms with Gasteiger partial charge in [0, 0.05) is 23.6 Å². The molecule has 0 bridgehead atoms. The van der Waals surface area contributed by atoms with Crippen LogP contribution in [0.2, 0.25) is 5.02 Å². The molecule has 1 heterocycles. The van der Waals surface area contributed by atoms with Gasteiger partial charge in [0.25, 0.3) is 0 Å². The molecule has 19 heavy (non-hydrogen) atoms. The minimum absolute atomic E-state index is 0.127. The third-order valence-electron chi connectivity index (χ3n) is 3.74. The molecule has 0 spiro atoms. The lowest BCUT2D eigenvalue weighted by Crippen LogP contribution is -2.44. The van der Waals surface area contributed by atoms with Crippen LogP contribution >= 0.6 is 11.6 Å². The van der Waals surface area contributed by atoms with E-state index in [0.29, 0.717) is 22.9 Å². The number of hydrogen-bond donors (Lipinski definition) is 1. The van der Waals surface area contributed by atoms with E-state index < -0.39 is 11.7 Å². The fraction of sp³-hybridized carbons (Fsp3) is 0.538. The van der Waals surface area contributed by atoms with Gasteiger partial charge in [-0.15, -0.1) is 0 Å². The molecular weight excluding hydrogens is 279 g/mol. The van der Waals surface area contributed by atoms with Crippen molar-refractivity contribution in [1.82, 2.24) is 5.32 Å². The first-order chi connectivity index (χ1) is 8.91. The molecule has 1 aromatic carbocycles. The van der Waals surface area contributed by atoms with E-state index in [2.05, 4.69) is 5.32 Å². The molecule has 0 amide bonds. The van der Waals surface area contributed by atoms with Gasteiger partial charge in [-0.2, -0.15) is 13.2 Å². The lowest BCUT2D eigenvalue weighted by molar-refractivity contribution is -0.166. The average Bonchev–Trinajstić information content (AvgIpc) is 2.98. The number of alkyl halides is 3. The van der Waals surface area contributed by atoms with Crippen LogP contribution in [0.5, 0.6) is 5.75 Å². The maximum atomic E-state index is 12.8. The number of nitrogens with one attached hydrogen (secondary N) is 1. The number of halogens is 4. The quantitative estimate of drug-likeness (QED) is 0.921. The van der Waals surface area contributed by atoms with E-state index >= 15 is 0 Å². The van der Waals surface area contributed by atoms with Crippen molar-refractivity contribution in [2.45, 2.75) is 37.5 Å². The largest absolute Gasteiger partial charge is 0.493 e. The Morgan fingerprint density at radius 2 is 2.05 bits per heavy atom. The minimum atomic E-state index is -4.20. The van der Waals surface area contributed by atoms with Gasteiger partial charge in [0.2, 0.25) is 0 Å². The van der Waals surface area contributed by atoms with Crippen molar-refractivity contribution < 1.29 is 17.9 Å². The maximum absolute atomic E-state index is 12.8. The van der Waals surface area contributed by atoms with Gasteiger partial charge in [-0.05, 0) is 30.5 Å². The second-order valence-corrected chi connectivity index (χ2v) is 5.52. The molecule has 2 nitrogen and oxygen atoms in total. The van der Waals surface area contributed by atoms with Crippen LogP contribution in [0.1, 0.15) is 24.0 Å². The second kappa shape index (κ2) is 4.28. The summed E-state index contributed by atoms with van der Waals surface area (Å²) in [5.74, 6) is 0.690. The Bertz CT molecular complexity index is 511. The van der Waals surface area contributed by atoms with Crippen molar-refractivity contribution in [1.29, 1.82) is 0 Å². The van der Waals surface area contributed by atoms with Crippen LogP contribution in [0.3, 0.4) is 0 Å². The van der Waals surface area contributed by atoms with Crippen molar-refractivity contribution in [3.05, 3.63) is 28.3 Å². The summed E-state index contributed by atoms with van der Waals surface area (Å²) in [6.45, 7) is 0.690. The third kappa shape index (κ3) is 2.30. The maximum Gasteiger partial charge on any atom is 0.406 e. The molecule has 0 unspecified atom stereocenters. The first-order valence-corrected chi connectivity index (χ1v) is 6.55. The monoisotopic (exact) mass is 291 g/mol. The Balaban J connectivity index is 1.78. The molecule has 2 aliphatic rings. The van der Waals surface area contributed by atoms with Crippen molar-refractivity contribution >= 4 is 11.6 Å². The van der Waals surface area contributed by atoms with Crippen molar-refractivity contribution in [2.75, 3.05) is 6.61 Å². The number of fused-ring (bicyclic) bond motifs is 1. The standard InChI is InChI=1S/C13H13ClF3NO/c14-10-5-8-1-4-19-11(8)9(6-10)7-18-12(2-3-12)13(15,16)17/h5-6,18H,1-4,7H2. The molecular formula is C13H13ClF3NO. The summed E-state index contributed by atoms with van der Waals surface area (Å²) >= 11 is 5.98. The van der Waals surface area contributed by atoms with Gasteiger partial charge in [0.1, 0.15) is 11.3 Å². The van der Waals surface area contributed by atoms with Crippen molar-refractivity contribution in [3.8, 4) is 5.75 Å². The van der Waals surface area contributed by atoms with E-state index in [1.807, 2.05) is 6.07 Å². The Labute approximate surface area is 113 Å². The second-order valence-electron chi connectivity index (χ2n) is 5.09. The van der Waals surface area contributed by atoms with E-state index in [-0.39, 0.29) is 19.4 Å². The molecule has 1 aliphatic carbocycles. The molecule has 1 saturated carbocycles. The van der Waals surface area contributed by atoms with E-state index in [4.69, 9.17) is 16.3 Å². The zero-order chi connectivity index (χ0) is 13.7. The van der Waals surface area contributed by atoms with Crippen LogP contribution in [0.4, 0.5) is 13.2 Å². The van der Waals surface area contributed by atoms with Gasteiger partial charge in [0.15, 0.2) is 0 Å². The van der Waals surface area contributed by atoms with Crippen molar-refractivity contribution in [3.63, 3.8) is 0 Å². The fourth-order valence-electron chi connectivity index (χ4n) is 2.43. The molecule has 104 valence electrons. The predicted molar refractivity (Wildman–Crippen MR) is 65.5 cm³/mol. The SMILES string of the molecule is FC(F)(F)C1(NCc2cc(Cl)cc3c2OCC3)CC1. The van der Waals surface area contributed by atoms with E-state index in [1.165, 1.54) is 0 Å². The highest BCUT2D eigenvalue weighted by atomic mass is 35.5. The Morgan fingerprint density at radius 3 is 2.68 bits per heavy atom. The lowest BCUT2D eigenvalue weighted by Gasteiger charge is -2.21. The Kier molecular flexibility index (Phi) is 2.94. The van der Waals surface area contributed by atoms with E-state index in [1.54, 1.807) is 6.07 Å². The topological polar surface area (TPSA) is 21.3 Å². The predicted octanol–water partition coefficient (Wildman–Crippen LogP) is 3.46. The molecule has 0 radical (unpaired) electrons. The molecule has 0 atom stereocenters. The molecule has 1 aliphatic heterocycles. The summed E-state index contributed by atoms with van der Waals surface area (Å²) in [4.78, 5) is 0. The Morgan fingerprint density at radius 1 is 1.32 bits per heavy atom. The fourth-order valence-corrected chi connectivity index (χ4v) is 2.69. The van der Waals surface area contributed by atoms with Crippen LogP contribution in [0.25, 0.3) is 0 Å². The first-order valence-electron chi connectivity index (χ1n) is 6.17. The van der Waals surface area contributed by atoms with E-state index in [9.17, 15) is 13.2 Å². The molecule has 3 rings (SSSR count). The van der Waals surface area contributed by atoms with Crippen LogP contribution in [-0.4, -0.2) is 18.3 Å². The zero-order valence-electron chi connectivity index (χ0n) is 10.1. The van der Waals surface area contributed by atoms with Crippen LogP contribution in [-0.2, 0) is 13.0 Å². The molecule has 6 heteroatoms. The summed E-state index contributed by atoms with van der Waals surface area (Å²) in [5, 5.41) is 3.16. The number of hydrogen-bond acceptors (Lipinski definition) is 2. The average molecular weight is 292 g/mol. The highest BCUT2D eigenvalue weighted by Gasteiger charge is 2.63. The van der Waals surface area contributed by atoms with Crippen LogP contribution in [0, 0.1) is 0 Å². The van der Waals surface area contributed by atoms with Gasteiger partial charge in [0.05, 0.1) is 6.61 Å². The van der Waals surface area contributed by atoms with Gasteiger partial charge in [-0.25, -0.2) is 0 Å². The smallest absolute Gasteiger partial charge is 0.406 e. The normalized spacial score (nSPS) is 20.0. The molecule has 0 aromatic heterocycles. The number of benzene rings is 1. The summed E-state index contributed by atoms with van der Waals surface area (Å²) < 4.78 is 44.0. The van der Waals surface area contributed by atoms with Crippen LogP contribution < -0.4 is 10.1 Å². The highest BCUT2D eigenvalue weighted by molar-refractivity contribution is 6.30. The van der Waals surface area contributed by atoms with Gasteiger partial charge in [-0.1, -0.05) is 11.6 Å². The lowest BCUT2D eigenvalue weighted by atomic mass is 10.1. The summed E-state index contributed by atoms with van der Waals surface area (Å²) in [5.41, 5.74) is -0.0301. The van der Waals surface area contributed by atoms with Crippen LogP contribution in [0.15, 0.2) is 12.1 Å². The molecule has 0 saturated heterocycles. The zero-order valence-corrected chi connectivity index (χ0v) is 10.9. The van der Waals surface area contributed by atoms with Crippen molar-refractivity contribution in [2.24, 2.45) is 0 Å². The van der Waals surface area contributed by atoms with E-state index in [0.717, 1.165) is 12.0 Å². The van der Waals surface area contributed by atoms with Gasteiger partial charge < -0.3 is 4.74 Å². The van der Waals surface area contributed by atoms with Gasteiger partial charge >= 0.3 is 6.18 Å². The summed E-state index contributed by atoms with van der Waals surface area (Å²) in [6, 6.07) is 3.48.